The number of oxazole rings is 1. The molecule has 0 bridgehead atoms. The van der Waals surface area contributed by atoms with Crippen LogP contribution in [0.1, 0.15) is 17.1 Å². The minimum atomic E-state index is -3.62. The van der Waals surface area contributed by atoms with Gasteiger partial charge in [0.05, 0.1) is 22.7 Å². The van der Waals surface area contributed by atoms with Crippen LogP contribution in [-0.2, 0) is 16.6 Å². The average molecular weight is 401 g/mol. The fourth-order valence-corrected chi connectivity index (χ4v) is 4.04. The first-order valence-electron chi connectivity index (χ1n) is 8.55. The Labute approximate surface area is 160 Å². The Bertz CT molecular complexity index is 1380. The second kappa shape index (κ2) is 6.28. The smallest absolute Gasteiger partial charge is 0.408 e. The number of fused-ring (bicyclic) bond motifs is 2. The van der Waals surface area contributed by atoms with Crippen molar-refractivity contribution < 1.29 is 12.8 Å². The zero-order chi connectivity index (χ0) is 20.2. The molecule has 1 aromatic carbocycles. The van der Waals surface area contributed by atoms with Gasteiger partial charge >= 0.3 is 5.76 Å². The Morgan fingerprint density at radius 1 is 1.14 bits per heavy atom. The summed E-state index contributed by atoms with van der Waals surface area (Å²) in [6, 6.07) is 6.34. The second-order valence-electron chi connectivity index (χ2n) is 6.81. The molecule has 0 atom stereocenters. The zero-order valence-corrected chi connectivity index (χ0v) is 16.7. The highest BCUT2D eigenvalue weighted by Crippen LogP contribution is 2.21. The third-order valence-electron chi connectivity index (χ3n) is 4.55. The van der Waals surface area contributed by atoms with Crippen molar-refractivity contribution in [3.63, 3.8) is 0 Å². The monoisotopic (exact) mass is 401 g/mol. The molecule has 0 aliphatic rings. The van der Waals surface area contributed by atoms with Gasteiger partial charge in [0.25, 0.3) is 0 Å². The van der Waals surface area contributed by atoms with E-state index in [1.807, 2.05) is 30.5 Å². The molecule has 0 unspecified atom stereocenters. The molecule has 0 aliphatic heterocycles. The summed E-state index contributed by atoms with van der Waals surface area (Å²) in [5, 5.41) is 0. The van der Waals surface area contributed by atoms with Gasteiger partial charge in [-0.25, -0.2) is 27.5 Å². The van der Waals surface area contributed by atoms with E-state index >= 15 is 0 Å². The summed E-state index contributed by atoms with van der Waals surface area (Å²) < 4.78 is 34.3. The average Bonchev–Trinajstić information content (AvgIpc) is 3.15. The molecule has 0 amide bonds. The van der Waals surface area contributed by atoms with Gasteiger partial charge in [0.1, 0.15) is 0 Å². The van der Waals surface area contributed by atoms with E-state index in [4.69, 9.17) is 4.42 Å². The third kappa shape index (κ3) is 2.90. The second-order valence-corrected chi connectivity index (χ2v) is 8.96. The predicted molar refractivity (Wildman–Crippen MR) is 103 cm³/mol. The summed E-state index contributed by atoms with van der Waals surface area (Å²) in [5.41, 5.74) is 3.21. The largest absolute Gasteiger partial charge is 0.420 e. The molecule has 3 heterocycles. The van der Waals surface area contributed by atoms with Gasteiger partial charge in [0.15, 0.2) is 5.58 Å². The molecule has 0 saturated heterocycles. The molecule has 0 spiro atoms. The number of hydrogen-bond acceptors (Lipinski definition) is 6. The van der Waals surface area contributed by atoms with Crippen molar-refractivity contribution in [3.8, 4) is 0 Å². The van der Waals surface area contributed by atoms with Crippen LogP contribution in [-0.4, -0.2) is 45.8 Å². The van der Waals surface area contributed by atoms with Gasteiger partial charge < -0.3 is 4.42 Å². The molecule has 28 heavy (non-hydrogen) atoms. The SMILES string of the molecule is Cc1cc(C)n2cc(Cn3c(=O)oc4cc(S(=O)(=O)N(C)C)ccc43)nc2n1. The van der Waals surface area contributed by atoms with Gasteiger partial charge in [-0.15, -0.1) is 0 Å². The van der Waals surface area contributed by atoms with Crippen LogP contribution >= 0.6 is 0 Å². The fraction of sp³-hybridized carbons (Fsp3) is 0.278. The summed E-state index contributed by atoms with van der Waals surface area (Å²) in [6.45, 7) is 4.04. The maximum Gasteiger partial charge on any atom is 0.420 e. The van der Waals surface area contributed by atoms with E-state index in [1.54, 1.807) is 6.07 Å². The maximum absolute atomic E-state index is 12.4. The summed E-state index contributed by atoms with van der Waals surface area (Å²) in [5.74, 6) is -0.0139. The summed E-state index contributed by atoms with van der Waals surface area (Å²) in [6.07, 6.45) is 1.83. The summed E-state index contributed by atoms with van der Waals surface area (Å²) in [7, 11) is -0.726. The van der Waals surface area contributed by atoms with E-state index in [0.29, 0.717) is 17.0 Å². The number of nitrogens with zero attached hydrogens (tertiary/aromatic N) is 5. The first kappa shape index (κ1) is 18.4. The molecule has 0 N–H and O–H groups in total. The van der Waals surface area contributed by atoms with E-state index in [2.05, 4.69) is 9.97 Å². The standard InChI is InChI=1S/C18H19N5O4S/c1-11-7-12(2)22-9-13(20-17(22)19-11)10-23-15-6-5-14(28(25,26)21(3)4)8-16(15)27-18(23)24/h5-9H,10H2,1-4H3. The fourth-order valence-electron chi connectivity index (χ4n) is 3.12. The van der Waals surface area contributed by atoms with Gasteiger partial charge in [-0.2, -0.15) is 0 Å². The Kier molecular flexibility index (Phi) is 4.12. The number of imidazole rings is 1. The first-order valence-corrected chi connectivity index (χ1v) is 9.99. The molecule has 0 aliphatic carbocycles. The third-order valence-corrected chi connectivity index (χ3v) is 6.36. The van der Waals surface area contributed by atoms with Crippen LogP contribution in [0.25, 0.3) is 16.9 Å². The molecule has 0 fully saturated rings. The quantitative estimate of drug-likeness (QED) is 0.514. The molecule has 9 nitrogen and oxygen atoms in total. The highest BCUT2D eigenvalue weighted by Gasteiger charge is 2.20. The van der Waals surface area contributed by atoms with Crippen LogP contribution in [0, 0.1) is 13.8 Å². The molecular formula is C18H19N5O4S. The van der Waals surface area contributed by atoms with Gasteiger partial charge in [-0.3, -0.25) is 8.97 Å². The molecule has 4 rings (SSSR count). The van der Waals surface area contributed by atoms with E-state index < -0.39 is 15.8 Å². The van der Waals surface area contributed by atoms with Crippen molar-refractivity contribution in [2.24, 2.45) is 0 Å². The number of aromatic nitrogens is 4. The number of rotatable bonds is 4. The molecule has 0 saturated carbocycles. The van der Waals surface area contributed by atoms with Crippen molar-refractivity contribution in [2.45, 2.75) is 25.3 Å². The Hall–Kier alpha value is -2.98. The molecule has 4 aromatic rings. The van der Waals surface area contributed by atoms with Crippen molar-refractivity contribution in [1.82, 2.24) is 23.2 Å². The lowest BCUT2D eigenvalue weighted by Gasteiger charge is -2.10. The summed E-state index contributed by atoms with van der Waals surface area (Å²) in [4.78, 5) is 21.3. The van der Waals surface area contributed by atoms with E-state index in [1.165, 1.54) is 30.8 Å². The Balaban J connectivity index is 1.79. The Morgan fingerprint density at radius 3 is 2.61 bits per heavy atom. The maximum atomic E-state index is 12.4. The van der Waals surface area contributed by atoms with E-state index in [-0.39, 0.29) is 17.0 Å². The van der Waals surface area contributed by atoms with Crippen LogP contribution in [0.2, 0.25) is 0 Å². The lowest BCUT2D eigenvalue weighted by Crippen LogP contribution is -2.22. The van der Waals surface area contributed by atoms with Gasteiger partial charge in [-0.1, -0.05) is 0 Å². The van der Waals surface area contributed by atoms with E-state index in [9.17, 15) is 13.2 Å². The van der Waals surface area contributed by atoms with Crippen molar-refractivity contribution in [3.05, 3.63) is 58.1 Å². The van der Waals surface area contributed by atoms with Crippen LogP contribution in [0.3, 0.4) is 0 Å². The normalized spacial score (nSPS) is 12.5. The number of aryl methyl sites for hydroxylation is 2. The first-order chi connectivity index (χ1) is 13.2. The zero-order valence-electron chi connectivity index (χ0n) is 15.9. The van der Waals surface area contributed by atoms with Crippen molar-refractivity contribution in [1.29, 1.82) is 0 Å². The lowest BCUT2D eigenvalue weighted by molar-refractivity contribution is 0.512. The van der Waals surface area contributed by atoms with E-state index in [0.717, 1.165) is 15.7 Å². The summed E-state index contributed by atoms with van der Waals surface area (Å²) >= 11 is 0. The Morgan fingerprint density at radius 2 is 1.89 bits per heavy atom. The highest BCUT2D eigenvalue weighted by molar-refractivity contribution is 7.89. The molecular weight excluding hydrogens is 382 g/mol. The van der Waals surface area contributed by atoms with Crippen LogP contribution in [0.4, 0.5) is 0 Å². The van der Waals surface area contributed by atoms with Crippen molar-refractivity contribution >= 4 is 26.9 Å². The minimum absolute atomic E-state index is 0.0638. The van der Waals surface area contributed by atoms with Crippen LogP contribution in [0.15, 0.2) is 44.6 Å². The lowest BCUT2D eigenvalue weighted by atomic mass is 10.3. The highest BCUT2D eigenvalue weighted by atomic mass is 32.2. The molecule has 10 heteroatoms. The van der Waals surface area contributed by atoms with Crippen LogP contribution in [0.5, 0.6) is 0 Å². The van der Waals surface area contributed by atoms with Gasteiger partial charge in [-0.05, 0) is 32.0 Å². The van der Waals surface area contributed by atoms with Gasteiger partial charge in [0.2, 0.25) is 15.8 Å². The number of sulfonamides is 1. The molecule has 0 radical (unpaired) electrons. The number of benzene rings is 1. The predicted octanol–water partition coefficient (Wildman–Crippen LogP) is 1.55. The van der Waals surface area contributed by atoms with Crippen LogP contribution < -0.4 is 5.76 Å². The molecule has 146 valence electrons. The van der Waals surface area contributed by atoms with Gasteiger partial charge in [0, 0.05) is 37.7 Å². The minimum Gasteiger partial charge on any atom is -0.408 e. The van der Waals surface area contributed by atoms with Crippen molar-refractivity contribution in [2.75, 3.05) is 14.1 Å². The molecule has 3 aromatic heterocycles. The number of hydrogen-bond donors (Lipinski definition) is 0. The topological polar surface area (TPSA) is 103 Å².